The molecule has 1 atom stereocenters. The zero-order valence-corrected chi connectivity index (χ0v) is 16.7. The average Bonchev–Trinajstić information content (AvgIpc) is 3.09. The zero-order chi connectivity index (χ0) is 20.3. The molecule has 0 fully saturated rings. The molecule has 150 valence electrons. The largest absolute Gasteiger partial charge is 0.369 e. The lowest BCUT2D eigenvalue weighted by Gasteiger charge is -2.38. The number of H-pyrrole nitrogens is 1. The van der Waals surface area contributed by atoms with Crippen LogP contribution in [0.15, 0.2) is 48.7 Å². The van der Waals surface area contributed by atoms with E-state index in [1.807, 2.05) is 30.3 Å². The molecule has 6 N–H and O–H groups in total. The molecule has 0 radical (unpaired) electrons. The summed E-state index contributed by atoms with van der Waals surface area (Å²) in [7, 11) is -11.0. The number of aromatic nitrogens is 1. The lowest BCUT2D eigenvalue weighted by molar-refractivity contribution is 0.0971. The van der Waals surface area contributed by atoms with Gasteiger partial charge in [-0.05, 0) is 37.0 Å². The van der Waals surface area contributed by atoms with E-state index in [1.165, 1.54) is 0 Å². The summed E-state index contributed by atoms with van der Waals surface area (Å²) in [6, 6.07) is 13.0. The molecule has 1 unspecified atom stereocenters. The van der Waals surface area contributed by atoms with Crippen LogP contribution in [0.5, 0.6) is 0 Å². The topological polar surface area (TPSA) is 151 Å². The van der Waals surface area contributed by atoms with Gasteiger partial charge in [0.2, 0.25) is 0 Å². The molecule has 27 heavy (non-hydrogen) atoms. The normalized spacial score (nSPS) is 15.5. The van der Waals surface area contributed by atoms with Gasteiger partial charge in [-0.15, -0.1) is 0 Å². The van der Waals surface area contributed by atoms with Crippen LogP contribution in [0.1, 0.15) is 37.4 Å². The van der Waals surface area contributed by atoms with E-state index in [-0.39, 0.29) is 0 Å². The minimum atomic E-state index is -5.52. The van der Waals surface area contributed by atoms with Gasteiger partial charge in [0, 0.05) is 23.7 Å². The minimum absolute atomic E-state index is 0.352. The third kappa shape index (κ3) is 4.98. The molecular weight excluding hydrogens is 392 g/mol. The second-order valence-electron chi connectivity index (χ2n) is 7.02. The predicted octanol–water partition coefficient (Wildman–Crippen LogP) is 2.69. The maximum absolute atomic E-state index is 11.8. The molecule has 1 heterocycles. The number of aryl methyl sites for hydroxylation is 1. The molecule has 0 amide bonds. The predicted molar refractivity (Wildman–Crippen MR) is 101 cm³/mol. The van der Waals surface area contributed by atoms with Gasteiger partial charge in [-0.2, -0.15) is 0 Å². The number of aromatic amines is 1. The number of rotatable bonds is 9. The highest BCUT2D eigenvalue weighted by Crippen LogP contribution is 2.70. The van der Waals surface area contributed by atoms with Crippen LogP contribution in [-0.2, 0) is 21.0 Å². The summed E-state index contributed by atoms with van der Waals surface area (Å²) in [6.07, 6.45) is 2.45. The zero-order valence-electron chi connectivity index (χ0n) is 14.9. The summed E-state index contributed by atoms with van der Waals surface area (Å²) in [6.45, 7) is 1.63. The van der Waals surface area contributed by atoms with Gasteiger partial charge >= 0.3 is 15.2 Å². The minimum Gasteiger partial charge on any atom is -0.367 e. The molecule has 0 spiro atoms. The first-order chi connectivity index (χ1) is 12.4. The fraction of sp³-hybridized carbons (Fsp3) is 0.412. The van der Waals surface area contributed by atoms with E-state index in [9.17, 15) is 33.8 Å². The van der Waals surface area contributed by atoms with E-state index in [4.69, 9.17) is 0 Å². The Bertz CT molecular complexity index is 806. The van der Waals surface area contributed by atoms with Crippen molar-refractivity contribution < 1.29 is 33.8 Å². The van der Waals surface area contributed by atoms with Crippen LogP contribution in [0.4, 0.5) is 0 Å². The molecule has 10 heteroatoms. The highest BCUT2D eigenvalue weighted by molar-refractivity contribution is 7.72. The van der Waals surface area contributed by atoms with Crippen molar-refractivity contribution in [3.05, 3.63) is 59.9 Å². The molecule has 1 aromatic heterocycles. The maximum atomic E-state index is 11.8. The van der Waals surface area contributed by atoms with Gasteiger partial charge in [-0.1, -0.05) is 37.3 Å². The van der Waals surface area contributed by atoms with Crippen molar-refractivity contribution in [2.45, 2.75) is 43.1 Å². The van der Waals surface area contributed by atoms with Crippen molar-refractivity contribution in [1.29, 1.82) is 0 Å². The second kappa shape index (κ2) is 8.02. The lowest BCUT2D eigenvalue weighted by atomic mass is 9.78. The Hall–Kier alpha value is -1.24. The quantitative estimate of drug-likeness (QED) is 0.343. The monoisotopic (exact) mass is 417 g/mol. The van der Waals surface area contributed by atoms with Crippen molar-refractivity contribution in [1.82, 2.24) is 4.98 Å². The molecule has 0 bridgehead atoms. The molecule has 0 aliphatic rings. The summed E-state index contributed by atoms with van der Waals surface area (Å²) in [5.74, 6) is 0. The number of nitrogens with one attached hydrogen (secondary N) is 1. The summed E-state index contributed by atoms with van der Waals surface area (Å²) < 4.78 is 23.6. The average molecular weight is 417 g/mol. The lowest BCUT2D eigenvalue weighted by Crippen LogP contribution is -2.38. The van der Waals surface area contributed by atoms with Crippen LogP contribution in [-0.4, -0.2) is 34.7 Å². The van der Waals surface area contributed by atoms with Crippen molar-refractivity contribution in [3.63, 3.8) is 0 Å². The van der Waals surface area contributed by atoms with Gasteiger partial charge in [-0.3, -0.25) is 9.13 Å². The van der Waals surface area contributed by atoms with E-state index >= 15 is 0 Å². The van der Waals surface area contributed by atoms with Crippen LogP contribution in [0, 0.1) is 0 Å². The Morgan fingerprint density at radius 3 is 2.04 bits per heavy atom. The van der Waals surface area contributed by atoms with Gasteiger partial charge < -0.3 is 29.7 Å². The Labute approximate surface area is 157 Å². The van der Waals surface area contributed by atoms with Crippen molar-refractivity contribution in [2.75, 3.05) is 0 Å². The molecule has 0 aliphatic heterocycles. The van der Waals surface area contributed by atoms with Gasteiger partial charge in [0.05, 0.1) is 0 Å². The second-order valence-corrected chi connectivity index (χ2v) is 11.0. The molecular formula is C17H25NO7P2. The molecule has 1 aromatic carbocycles. The Kier molecular flexibility index (Phi) is 6.55. The molecule has 2 rings (SSSR count). The van der Waals surface area contributed by atoms with Crippen LogP contribution in [0.2, 0.25) is 0 Å². The summed E-state index contributed by atoms with van der Waals surface area (Å²) >= 11 is 0. The van der Waals surface area contributed by atoms with Crippen LogP contribution in [0.25, 0.3) is 0 Å². The van der Waals surface area contributed by atoms with E-state index in [0.717, 1.165) is 5.56 Å². The van der Waals surface area contributed by atoms with Gasteiger partial charge in [0.15, 0.2) is 0 Å². The molecule has 8 nitrogen and oxygen atoms in total. The van der Waals surface area contributed by atoms with Gasteiger partial charge in [-0.25, -0.2) is 0 Å². The molecule has 2 aromatic rings. The van der Waals surface area contributed by atoms with Crippen molar-refractivity contribution in [3.8, 4) is 0 Å². The SMILES string of the molecule is CC(CCCc1ccccc1)(CC(O)(P(=O)(O)O)P(=O)(O)O)c1ccc[nH]1. The Balaban J connectivity index is 2.31. The highest BCUT2D eigenvalue weighted by Gasteiger charge is 2.61. The van der Waals surface area contributed by atoms with E-state index in [2.05, 4.69) is 4.98 Å². The Morgan fingerprint density at radius 2 is 1.56 bits per heavy atom. The Morgan fingerprint density at radius 1 is 0.963 bits per heavy atom. The fourth-order valence-electron chi connectivity index (χ4n) is 3.25. The van der Waals surface area contributed by atoms with Crippen LogP contribution in [0.3, 0.4) is 0 Å². The maximum Gasteiger partial charge on any atom is 0.369 e. The smallest absolute Gasteiger partial charge is 0.367 e. The summed E-state index contributed by atoms with van der Waals surface area (Å²) in [5, 5.41) is 6.94. The van der Waals surface area contributed by atoms with Gasteiger partial charge in [0.1, 0.15) is 0 Å². The fourth-order valence-corrected chi connectivity index (χ4v) is 5.72. The first kappa shape index (κ1) is 22.1. The third-order valence-corrected chi connectivity index (χ3v) is 8.59. The number of aliphatic hydroxyl groups is 1. The third-order valence-electron chi connectivity index (χ3n) is 4.85. The van der Waals surface area contributed by atoms with Crippen LogP contribution >= 0.6 is 15.2 Å². The highest BCUT2D eigenvalue weighted by atomic mass is 31.2. The number of hydrogen-bond donors (Lipinski definition) is 6. The number of benzene rings is 1. The number of hydrogen-bond acceptors (Lipinski definition) is 3. The first-order valence-corrected chi connectivity index (χ1v) is 11.6. The van der Waals surface area contributed by atoms with E-state index in [1.54, 1.807) is 25.3 Å². The van der Waals surface area contributed by atoms with Crippen molar-refractivity contribution >= 4 is 15.2 Å². The molecule has 0 saturated carbocycles. The molecule has 0 aliphatic carbocycles. The summed E-state index contributed by atoms with van der Waals surface area (Å²) in [4.78, 5) is 40.9. The van der Waals surface area contributed by atoms with Crippen molar-refractivity contribution in [2.24, 2.45) is 0 Å². The van der Waals surface area contributed by atoms with Crippen LogP contribution < -0.4 is 0 Å². The first-order valence-electron chi connectivity index (χ1n) is 8.40. The summed E-state index contributed by atoms with van der Waals surface area (Å²) in [5.41, 5.74) is 0.525. The van der Waals surface area contributed by atoms with E-state index in [0.29, 0.717) is 25.0 Å². The van der Waals surface area contributed by atoms with Gasteiger partial charge in [0.25, 0.3) is 5.08 Å². The van der Waals surface area contributed by atoms with E-state index < -0.39 is 32.1 Å². The molecule has 0 saturated heterocycles. The standard InChI is InChI=1S/C17H25NO7P2/c1-16(15-10-6-12-18-15,11-5-9-14-7-3-2-4-8-14)13-17(19,26(20,21)22)27(23,24)25/h2-4,6-8,10,12,18-19H,5,9,11,13H2,1H3,(H2,20,21,22)(H2,23,24,25).